The maximum Gasteiger partial charge on any atom is 0.143 e. The van der Waals surface area contributed by atoms with Crippen molar-refractivity contribution in [1.29, 1.82) is 0 Å². The lowest BCUT2D eigenvalue weighted by atomic mass is 9.88. The first-order chi connectivity index (χ1) is 28.3. The van der Waals surface area contributed by atoms with E-state index in [1.54, 1.807) is 0 Å². The van der Waals surface area contributed by atoms with Crippen molar-refractivity contribution in [3.63, 3.8) is 0 Å². The third-order valence-corrected chi connectivity index (χ3v) is 11.1. The summed E-state index contributed by atoms with van der Waals surface area (Å²) < 4.78 is 13.0. The zero-order valence-corrected chi connectivity index (χ0v) is 31.0. The molecule has 0 radical (unpaired) electrons. The Balaban J connectivity index is 1.13. The Hall–Kier alpha value is -7.62. The highest BCUT2D eigenvalue weighted by Crippen LogP contribution is 2.47. The van der Waals surface area contributed by atoms with Crippen LogP contribution in [0.5, 0.6) is 0 Å². The zero-order chi connectivity index (χ0) is 37.7. The molecule has 268 valence electrons. The van der Waals surface area contributed by atoms with Gasteiger partial charge in [-0.2, -0.15) is 0 Å². The lowest BCUT2D eigenvalue weighted by molar-refractivity contribution is 0.669. The van der Waals surface area contributed by atoms with Gasteiger partial charge < -0.3 is 13.7 Å². The van der Waals surface area contributed by atoms with E-state index in [9.17, 15) is 0 Å². The predicted octanol–water partition coefficient (Wildman–Crippen LogP) is 15.6. The minimum absolute atomic E-state index is 0.844. The van der Waals surface area contributed by atoms with Gasteiger partial charge in [-0.1, -0.05) is 164 Å². The Labute approximate surface area is 330 Å². The van der Waals surface area contributed by atoms with Crippen LogP contribution in [-0.2, 0) is 0 Å². The molecule has 0 amide bonds. The molecule has 3 heteroatoms. The van der Waals surface area contributed by atoms with Gasteiger partial charge in [0.15, 0.2) is 0 Å². The van der Waals surface area contributed by atoms with Gasteiger partial charge in [-0.05, 0) is 75.8 Å². The molecule has 0 bridgehead atoms. The van der Waals surface area contributed by atoms with E-state index in [1.165, 1.54) is 22.3 Å². The van der Waals surface area contributed by atoms with E-state index in [2.05, 4.69) is 193 Å². The molecule has 0 spiro atoms. The summed E-state index contributed by atoms with van der Waals surface area (Å²) in [5.74, 6) is 0. The van der Waals surface area contributed by atoms with Gasteiger partial charge in [-0.15, -0.1) is 0 Å². The van der Waals surface area contributed by atoms with Crippen LogP contribution in [0.3, 0.4) is 0 Å². The zero-order valence-electron chi connectivity index (χ0n) is 31.0. The number of furan rings is 2. The summed E-state index contributed by atoms with van der Waals surface area (Å²) in [5.41, 5.74) is 15.7. The maximum absolute atomic E-state index is 6.53. The van der Waals surface area contributed by atoms with Crippen LogP contribution < -0.4 is 4.90 Å². The highest BCUT2D eigenvalue weighted by atomic mass is 16.3. The van der Waals surface area contributed by atoms with E-state index in [-0.39, 0.29) is 0 Å². The maximum atomic E-state index is 6.53. The molecule has 9 aromatic carbocycles. The fourth-order valence-corrected chi connectivity index (χ4v) is 8.50. The first-order valence-electron chi connectivity index (χ1n) is 19.3. The number of nitrogens with zero attached hydrogens (tertiary/aromatic N) is 1. The summed E-state index contributed by atoms with van der Waals surface area (Å²) in [6.45, 7) is 0. The van der Waals surface area contributed by atoms with Crippen LogP contribution in [0.2, 0.25) is 0 Å². The van der Waals surface area contributed by atoms with E-state index in [0.29, 0.717) is 0 Å². The first kappa shape index (κ1) is 32.8. The van der Waals surface area contributed by atoms with E-state index in [0.717, 1.165) is 83.2 Å². The smallest absolute Gasteiger partial charge is 0.143 e. The molecule has 2 aromatic heterocycles. The average molecular weight is 730 g/mol. The van der Waals surface area contributed by atoms with Crippen molar-refractivity contribution in [2.24, 2.45) is 0 Å². The molecule has 0 N–H and O–H groups in total. The number of anilines is 3. The summed E-state index contributed by atoms with van der Waals surface area (Å²) in [4.78, 5) is 2.37. The molecular weight excluding hydrogens is 695 g/mol. The molecule has 3 nitrogen and oxygen atoms in total. The molecule has 0 aliphatic rings. The monoisotopic (exact) mass is 729 g/mol. The van der Waals surface area contributed by atoms with Gasteiger partial charge in [-0.25, -0.2) is 0 Å². The molecule has 0 unspecified atom stereocenters. The summed E-state index contributed by atoms with van der Waals surface area (Å²) in [6.07, 6.45) is 0. The molecule has 57 heavy (non-hydrogen) atoms. The lowest BCUT2D eigenvalue weighted by Gasteiger charge is -2.29. The van der Waals surface area contributed by atoms with Crippen molar-refractivity contribution in [3.05, 3.63) is 212 Å². The number of hydrogen-bond acceptors (Lipinski definition) is 3. The third kappa shape index (κ3) is 5.60. The van der Waals surface area contributed by atoms with Crippen molar-refractivity contribution in [3.8, 4) is 44.5 Å². The van der Waals surface area contributed by atoms with Crippen LogP contribution >= 0.6 is 0 Å². The second-order valence-electron chi connectivity index (χ2n) is 14.4. The molecule has 11 aromatic rings. The number of hydrogen-bond donors (Lipinski definition) is 0. The molecule has 0 aliphatic carbocycles. The van der Waals surface area contributed by atoms with Crippen molar-refractivity contribution >= 4 is 60.9 Å². The Morgan fingerprint density at radius 3 is 1.58 bits per heavy atom. The first-order valence-corrected chi connectivity index (χ1v) is 19.3. The van der Waals surface area contributed by atoms with E-state index < -0.39 is 0 Å². The topological polar surface area (TPSA) is 29.5 Å². The Morgan fingerprint density at radius 1 is 0.281 bits per heavy atom. The fourth-order valence-electron chi connectivity index (χ4n) is 8.50. The summed E-state index contributed by atoms with van der Waals surface area (Å²) in [7, 11) is 0. The number of rotatable bonds is 7. The van der Waals surface area contributed by atoms with Gasteiger partial charge in [0, 0.05) is 50.1 Å². The minimum Gasteiger partial charge on any atom is -0.456 e. The second-order valence-corrected chi connectivity index (χ2v) is 14.4. The Morgan fingerprint density at radius 2 is 0.789 bits per heavy atom. The third-order valence-electron chi connectivity index (χ3n) is 11.1. The van der Waals surface area contributed by atoms with E-state index >= 15 is 0 Å². The largest absolute Gasteiger partial charge is 0.456 e. The molecule has 0 saturated carbocycles. The van der Waals surface area contributed by atoms with Crippen LogP contribution in [0.4, 0.5) is 17.1 Å². The average Bonchev–Trinajstić information content (AvgIpc) is 3.85. The van der Waals surface area contributed by atoms with Crippen LogP contribution in [-0.4, -0.2) is 0 Å². The van der Waals surface area contributed by atoms with Crippen molar-refractivity contribution in [2.45, 2.75) is 0 Å². The normalized spacial score (nSPS) is 11.5. The van der Waals surface area contributed by atoms with Crippen molar-refractivity contribution in [1.82, 2.24) is 0 Å². The van der Waals surface area contributed by atoms with Crippen LogP contribution in [0.15, 0.2) is 221 Å². The minimum atomic E-state index is 0.844. The quantitative estimate of drug-likeness (QED) is 0.164. The van der Waals surface area contributed by atoms with Crippen molar-refractivity contribution in [2.75, 3.05) is 4.90 Å². The van der Waals surface area contributed by atoms with Gasteiger partial charge in [0.25, 0.3) is 0 Å². The summed E-state index contributed by atoms with van der Waals surface area (Å²) in [6, 6.07) is 75.2. The number of para-hydroxylation sites is 4. The van der Waals surface area contributed by atoms with Crippen LogP contribution in [0.1, 0.15) is 0 Å². The van der Waals surface area contributed by atoms with Gasteiger partial charge >= 0.3 is 0 Å². The fraction of sp³-hybridized carbons (Fsp3) is 0. The van der Waals surface area contributed by atoms with Gasteiger partial charge in [-0.3, -0.25) is 0 Å². The molecular formula is C54H35NO2. The molecule has 0 aliphatic heterocycles. The Bertz CT molecular complexity index is 3260. The summed E-state index contributed by atoms with van der Waals surface area (Å²) >= 11 is 0. The number of benzene rings is 9. The molecule has 0 saturated heterocycles. The van der Waals surface area contributed by atoms with Gasteiger partial charge in [0.1, 0.15) is 22.3 Å². The Kier molecular flexibility index (Phi) is 7.82. The van der Waals surface area contributed by atoms with Gasteiger partial charge in [0.2, 0.25) is 0 Å². The summed E-state index contributed by atoms with van der Waals surface area (Å²) in [5, 5.41) is 4.43. The molecule has 0 atom stereocenters. The van der Waals surface area contributed by atoms with Crippen LogP contribution in [0, 0.1) is 0 Å². The SMILES string of the molecule is c1ccc(-c2ccccc2-c2ccccc2-c2ccccc2N(c2cccc(-c3cccc4c3oc3ccccc34)c2)c2ccc3c(c2)oc2ccccc23)cc1. The molecule has 0 fully saturated rings. The predicted molar refractivity (Wildman–Crippen MR) is 237 cm³/mol. The van der Waals surface area contributed by atoms with Crippen LogP contribution in [0.25, 0.3) is 88.4 Å². The van der Waals surface area contributed by atoms with Gasteiger partial charge in [0.05, 0.1) is 5.69 Å². The standard InChI is InChI=1S/C54H35NO2/c1-2-16-36(17-3-1)40-20-4-5-21-42(40)43-22-6-7-23-44(43)45-24-8-11-29-50(45)55(39-32-33-48-46-25-9-12-30-51(46)56-53(48)35-39)38-19-14-18-37(34-38)41-27-15-28-49-47-26-10-13-31-52(47)57-54(41)49/h1-35H. The highest BCUT2D eigenvalue weighted by molar-refractivity contribution is 6.10. The lowest BCUT2D eigenvalue weighted by Crippen LogP contribution is -2.11. The van der Waals surface area contributed by atoms with E-state index in [1.807, 2.05) is 24.3 Å². The highest BCUT2D eigenvalue weighted by Gasteiger charge is 2.22. The second kappa shape index (κ2) is 13.6. The molecule has 11 rings (SSSR count). The number of fused-ring (bicyclic) bond motifs is 6. The molecule has 2 heterocycles. The van der Waals surface area contributed by atoms with Crippen molar-refractivity contribution < 1.29 is 8.83 Å². The van der Waals surface area contributed by atoms with E-state index in [4.69, 9.17) is 8.83 Å².